The van der Waals surface area contributed by atoms with Gasteiger partial charge in [0, 0.05) is 12.1 Å². The van der Waals surface area contributed by atoms with Crippen molar-refractivity contribution in [2.24, 2.45) is 0 Å². The van der Waals surface area contributed by atoms with E-state index in [1.807, 2.05) is 6.92 Å². The van der Waals surface area contributed by atoms with E-state index in [1.165, 1.54) is 42.3 Å². The minimum atomic E-state index is -0.876. The molecule has 1 unspecified atom stereocenters. The van der Waals surface area contributed by atoms with Crippen LogP contribution in [0.2, 0.25) is 0 Å². The summed E-state index contributed by atoms with van der Waals surface area (Å²) < 4.78 is 18.7. The van der Waals surface area contributed by atoms with Crippen LogP contribution in [0.3, 0.4) is 0 Å². The van der Waals surface area contributed by atoms with Gasteiger partial charge < -0.3 is 19.8 Å². The average Bonchev–Trinajstić information content (AvgIpc) is 2.98. The minimum Gasteiger partial charge on any atom is -0.507 e. The summed E-state index contributed by atoms with van der Waals surface area (Å²) in [5.74, 6) is -2.25. The summed E-state index contributed by atoms with van der Waals surface area (Å²) in [6, 6.07) is 7.69. The highest BCUT2D eigenvalue weighted by molar-refractivity contribution is 6.46. The first-order valence-electron chi connectivity index (χ1n) is 9.72. The van der Waals surface area contributed by atoms with Crippen LogP contribution in [-0.2, 0) is 9.59 Å². The molecule has 6 nitrogen and oxygen atoms in total. The van der Waals surface area contributed by atoms with Gasteiger partial charge in [-0.25, -0.2) is 4.39 Å². The molecule has 1 aliphatic rings. The molecule has 0 saturated carbocycles. The summed E-state index contributed by atoms with van der Waals surface area (Å²) in [5.41, 5.74) is 0.915. The number of hydrogen-bond donors (Lipinski definition) is 2. The number of phenols is 1. The summed E-state index contributed by atoms with van der Waals surface area (Å²) in [7, 11) is 1.42. The van der Waals surface area contributed by atoms with E-state index in [2.05, 4.69) is 0 Å². The van der Waals surface area contributed by atoms with Crippen molar-refractivity contribution in [2.45, 2.75) is 32.7 Å². The molecule has 0 aliphatic carbocycles. The Kier molecular flexibility index (Phi) is 6.10. The molecule has 2 aromatic rings. The summed E-state index contributed by atoms with van der Waals surface area (Å²) in [5, 5.41) is 21.2. The lowest BCUT2D eigenvalue weighted by Crippen LogP contribution is -2.30. The Morgan fingerprint density at radius 1 is 1.20 bits per heavy atom. The summed E-state index contributed by atoms with van der Waals surface area (Å²) in [6.07, 6.45) is 1.47. The first kappa shape index (κ1) is 21.4. The van der Waals surface area contributed by atoms with Crippen LogP contribution in [-0.4, -0.2) is 40.5 Å². The third kappa shape index (κ3) is 3.75. The quantitative estimate of drug-likeness (QED) is 0.424. The van der Waals surface area contributed by atoms with Crippen molar-refractivity contribution < 1.29 is 28.9 Å². The molecule has 0 radical (unpaired) electrons. The molecule has 1 aliphatic heterocycles. The van der Waals surface area contributed by atoms with Gasteiger partial charge in [-0.2, -0.15) is 0 Å². The number of aromatic hydroxyl groups is 1. The summed E-state index contributed by atoms with van der Waals surface area (Å²) in [6.45, 7) is 3.83. The second-order valence-corrected chi connectivity index (χ2v) is 7.24. The molecule has 0 spiro atoms. The Morgan fingerprint density at radius 2 is 1.93 bits per heavy atom. The number of ketones is 1. The van der Waals surface area contributed by atoms with Gasteiger partial charge in [0.15, 0.2) is 11.5 Å². The maximum Gasteiger partial charge on any atom is 0.295 e. The largest absolute Gasteiger partial charge is 0.507 e. The van der Waals surface area contributed by atoms with E-state index in [0.29, 0.717) is 24.1 Å². The number of ether oxygens (including phenoxy) is 1. The van der Waals surface area contributed by atoms with E-state index in [1.54, 1.807) is 13.0 Å². The van der Waals surface area contributed by atoms with Crippen molar-refractivity contribution in [3.05, 3.63) is 64.5 Å². The Labute approximate surface area is 174 Å². The number of phenolic OH excluding ortho intramolecular Hbond substituents is 1. The minimum absolute atomic E-state index is 0.0910. The van der Waals surface area contributed by atoms with Gasteiger partial charge in [0.25, 0.3) is 11.7 Å². The number of likely N-dealkylation sites (tertiary alicyclic amines) is 1. The number of aliphatic hydroxyl groups is 1. The molecule has 1 amide bonds. The van der Waals surface area contributed by atoms with Crippen LogP contribution >= 0.6 is 0 Å². The van der Waals surface area contributed by atoms with Crippen LogP contribution < -0.4 is 4.74 Å². The first-order chi connectivity index (χ1) is 14.3. The highest BCUT2D eigenvalue weighted by Crippen LogP contribution is 2.41. The van der Waals surface area contributed by atoms with Crippen LogP contribution in [0.25, 0.3) is 5.76 Å². The topological polar surface area (TPSA) is 87.1 Å². The lowest BCUT2D eigenvalue weighted by Gasteiger charge is -2.25. The number of carbonyl (C=O) groups is 2. The van der Waals surface area contributed by atoms with E-state index in [0.717, 1.165) is 6.42 Å². The number of aryl methyl sites for hydroxylation is 1. The molecule has 158 valence electrons. The van der Waals surface area contributed by atoms with Crippen LogP contribution in [0.4, 0.5) is 4.39 Å². The number of aliphatic hydroxyl groups excluding tert-OH is 1. The molecule has 1 atom stereocenters. The Morgan fingerprint density at radius 3 is 2.53 bits per heavy atom. The normalized spacial score (nSPS) is 18.1. The number of amides is 1. The lowest BCUT2D eigenvalue weighted by molar-refractivity contribution is -0.139. The second kappa shape index (κ2) is 8.57. The Balaban J connectivity index is 2.19. The summed E-state index contributed by atoms with van der Waals surface area (Å²) >= 11 is 0. The number of unbranched alkanes of at least 4 members (excludes halogenated alkanes) is 1. The maximum atomic E-state index is 13.7. The SMILES string of the molecule is CCCCN1C(=O)C(=O)/C(=C(\O)c2ccc(F)c(C)c2)C1c1ccc(OC)c(O)c1. The monoisotopic (exact) mass is 413 g/mol. The number of benzene rings is 2. The first-order valence-corrected chi connectivity index (χ1v) is 9.72. The van der Waals surface area contributed by atoms with Crippen molar-refractivity contribution >= 4 is 17.4 Å². The van der Waals surface area contributed by atoms with Gasteiger partial charge in [0.1, 0.15) is 11.6 Å². The zero-order valence-electron chi connectivity index (χ0n) is 17.1. The van der Waals surface area contributed by atoms with Gasteiger partial charge in [-0.1, -0.05) is 19.4 Å². The molecule has 0 aromatic heterocycles. The molecular weight excluding hydrogens is 389 g/mol. The zero-order chi connectivity index (χ0) is 22.0. The number of nitrogens with zero attached hydrogens (tertiary/aromatic N) is 1. The predicted octanol–water partition coefficient (Wildman–Crippen LogP) is 4.07. The van der Waals surface area contributed by atoms with Crippen molar-refractivity contribution in [1.29, 1.82) is 0 Å². The molecule has 7 heteroatoms. The Hall–Kier alpha value is -3.35. The van der Waals surface area contributed by atoms with E-state index in [-0.39, 0.29) is 28.4 Å². The highest BCUT2D eigenvalue weighted by atomic mass is 19.1. The maximum absolute atomic E-state index is 13.7. The number of Topliss-reactive ketones (excluding diaryl/α,β-unsaturated/α-hetero) is 1. The molecule has 1 heterocycles. The number of rotatable bonds is 6. The number of halogens is 1. The van der Waals surface area contributed by atoms with Crippen molar-refractivity contribution in [3.63, 3.8) is 0 Å². The van der Waals surface area contributed by atoms with E-state index in [4.69, 9.17) is 4.74 Å². The molecule has 0 bridgehead atoms. The standard InChI is InChI=1S/C23H24FNO5/c1-4-5-10-25-20(14-7-9-18(30-3)17(26)12-14)19(22(28)23(25)29)21(27)15-6-8-16(24)13(2)11-15/h6-9,11-12,20,26-27H,4-5,10H2,1-3H3/b21-19-. The highest BCUT2D eigenvalue weighted by Gasteiger charge is 2.46. The van der Waals surface area contributed by atoms with E-state index < -0.39 is 23.5 Å². The lowest BCUT2D eigenvalue weighted by atomic mass is 9.94. The van der Waals surface area contributed by atoms with E-state index in [9.17, 15) is 24.2 Å². The number of hydrogen-bond acceptors (Lipinski definition) is 5. The zero-order valence-corrected chi connectivity index (χ0v) is 17.1. The van der Waals surface area contributed by atoms with Crippen LogP contribution in [0.5, 0.6) is 11.5 Å². The van der Waals surface area contributed by atoms with Crippen LogP contribution in [0.15, 0.2) is 42.0 Å². The summed E-state index contributed by atoms with van der Waals surface area (Å²) in [4.78, 5) is 27.0. The van der Waals surface area contributed by atoms with Gasteiger partial charge in [-0.3, -0.25) is 9.59 Å². The smallest absolute Gasteiger partial charge is 0.295 e. The molecule has 1 fully saturated rings. The van der Waals surface area contributed by atoms with Gasteiger partial charge in [0.2, 0.25) is 0 Å². The third-order valence-corrected chi connectivity index (χ3v) is 5.24. The van der Waals surface area contributed by atoms with Gasteiger partial charge in [-0.05, 0) is 54.8 Å². The van der Waals surface area contributed by atoms with Crippen molar-refractivity contribution in [3.8, 4) is 11.5 Å². The third-order valence-electron chi connectivity index (χ3n) is 5.24. The van der Waals surface area contributed by atoms with E-state index >= 15 is 0 Å². The molecule has 30 heavy (non-hydrogen) atoms. The van der Waals surface area contributed by atoms with Crippen LogP contribution in [0, 0.1) is 12.7 Å². The molecule has 2 N–H and O–H groups in total. The van der Waals surface area contributed by atoms with Gasteiger partial charge >= 0.3 is 0 Å². The van der Waals surface area contributed by atoms with Gasteiger partial charge in [-0.15, -0.1) is 0 Å². The fraction of sp³-hybridized carbons (Fsp3) is 0.304. The molecule has 3 rings (SSSR count). The molecular formula is C23H24FNO5. The number of carbonyl (C=O) groups excluding carboxylic acids is 2. The number of methoxy groups -OCH3 is 1. The van der Waals surface area contributed by atoms with Crippen molar-refractivity contribution in [2.75, 3.05) is 13.7 Å². The fourth-order valence-electron chi connectivity index (χ4n) is 3.61. The van der Waals surface area contributed by atoms with Crippen LogP contribution in [0.1, 0.15) is 42.5 Å². The predicted molar refractivity (Wildman–Crippen MR) is 110 cm³/mol. The fourth-order valence-corrected chi connectivity index (χ4v) is 3.61. The van der Waals surface area contributed by atoms with Gasteiger partial charge in [0.05, 0.1) is 18.7 Å². The average molecular weight is 413 g/mol. The molecule has 2 aromatic carbocycles. The van der Waals surface area contributed by atoms with Crippen molar-refractivity contribution in [1.82, 2.24) is 4.90 Å². The Bertz CT molecular complexity index is 1030. The second-order valence-electron chi connectivity index (χ2n) is 7.24. The molecule has 1 saturated heterocycles.